The second-order valence-electron chi connectivity index (χ2n) is 10.2. The maximum atomic E-state index is 14.0. The minimum Gasteiger partial charge on any atom is -0.343 e. The van der Waals surface area contributed by atoms with Crippen LogP contribution in [0.2, 0.25) is 0 Å². The van der Waals surface area contributed by atoms with Crippen LogP contribution in [0.25, 0.3) is 22.0 Å². The molecule has 2 N–H and O–H groups in total. The van der Waals surface area contributed by atoms with Gasteiger partial charge in [-0.25, -0.2) is 4.98 Å². The first kappa shape index (κ1) is 24.9. The predicted molar refractivity (Wildman–Crippen MR) is 146 cm³/mol. The Labute approximate surface area is 217 Å². The highest BCUT2D eigenvalue weighted by molar-refractivity contribution is 7.10. The van der Waals surface area contributed by atoms with Crippen LogP contribution in [0.1, 0.15) is 62.9 Å². The molecule has 0 radical (unpaired) electrons. The molecule has 3 atom stereocenters. The van der Waals surface area contributed by atoms with E-state index < -0.39 is 6.04 Å². The first-order valence-electron chi connectivity index (χ1n) is 13.3. The zero-order chi connectivity index (χ0) is 25.1. The average Bonchev–Trinajstić information content (AvgIpc) is 3.61. The number of amides is 2. The number of hydrogen-bond acceptors (Lipinski definition) is 5. The Hall–Kier alpha value is -2.77. The Morgan fingerprint density at radius 2 is 1.81 bits per heavy atom. The summed E-state index contributed by atoms with van der Waals surface area (Å²) < 4.78 is 0. The van der Waals surface area contributed by atoms with Crippen LogP contribution in [0.5, 0.6) is 0 Å². The fourth-order valence-corrected chi connectivity index (χ4v) is 6.70. The Balaban J connectivity index is 1.40. The van der Waals surface area contributed by atoms with E-state index in [0.29, 0.717) is 6.54 Å². The Kier molecular flexibility index (Phi) is 7.67. The smallest absolute Gasteiger partial charge is 0.246 e. The number of hydrogen-bond donors (Lipinski definition) is 2. The summed E-state index contributed by atoms with van der Waals surface area (Å²) in [7, 11) is 1.77. The van der Waals surface area contributed by atoms with Crippen molar-refractivity contribution in [3.63, 3.8) is 0 Å². The number of nitrogens with one attached hydrogen (secondary N) is 2. The molecule has 2 aromatic carbocycles. The van der Waals surface area contributed by atoms with E-state index in [2.05, 4.69) is 58.5 Å². The van der Waals surface area contributed by atoms with E-state index in [0.717, 1.165) is 54.8 Å². The van der Waals surface area contributed by atoms with Crippen LogP contribution in [0.3, 0.4) is 0 Å². The zero-order valence-corrected chi connectivity index (χ0v) is 22.0. The molecule has 5 rings (SSSR count). The van der Waals surface area contributed by atoms with Gasteiger partial charge in [-0.1, -0.05) is 61.7 Å². The number of likely N-dealkylation sites (N-methyl/N-ethyl adjacent to an activating group) is 1. The highest BCUT2D eigenvalue weighted by Gasteiger charge is 2.40. The van der Waals surface area contributed by atoms with Gasteiger partial charge in [0.1, 0.15) is 11.0 Å². The van der Waals surface area contributed by atoms with E-state index in [4.69, 9.17) is 4.98 Å². The van der Waals surface area contributed by atoms with Crippen LogP contribution in [0.15, 0.2) is 47.8 Å². The van der Waals surface area contributed by atoms with Crippen molar-refractivity contribution >= 4 is 33.9 Å². The number of carbonyl (C=O) groups excluding carboxylic acids is 2. The number of benzene rings is 2. The summed E-state index contributed by atoms with van der Waals surface area (Å²) in [5.74, 6) is 0.149. The lowest BCUT2D eigenvalue weighted by atomic mass is 9.83. The minimum atomic E-state index is -0.466. The lowest BCUT2D eigenvalue weighted by Crippen LogP contribution is -2.55. The quantitative estimate of drug-likeness (QED) is 0.458. The van der Waals surface area contributed by atoms with Gasteiger partial charge in [0.25, 0.3) is 0 Å². The molecule has 1 aliphatic heterocycles. The summed E-state index contributed by atoms with van der Waals surface area (Å²) in [5.41, 5.74) is 2.09. The van der Waals surface area contributed by atoms with Gasteiger partial charge in [0.05, 0.1) is 17.8 Å². The van der Waals surface area contributed by atoms with Crippen molar-refractivity contribution < 1.29 is 9.59 Å². The lowest BCUT2D eigenvalue weighted by molar-refractivity contribution is -0.139. The number of rotatable bonds is 7. The van der Waals surface area contributed by atoms with E-state index in [9.17, 15) is 9.59 Å². The molecule has 1 saturated carbocycles. The minimum absolute atomic E-state index is 0.0315. The molecule has 2 heterocycles. The Bertz CT molecular complexity index is 1210. The normalized spacial score (nSPS) is 20.4. The van der Waals surface area contributed by atoms with Gasteiger partial charge in [0.2, 0.25) is 11.8 Å². The van der Waals surface area contributed by atoms with Gasteiger partial charge in [-0.2, -0.15) is 0 Å². The molecule has 3 aromatic rings. The molecule has 36 heavy (non-hydrogen) atoms. The fourth-order valence-electron chi connectivity index (χ4n) is 5.74. The number of carbonyl (C=O) groups is 2. The van der Waals surface area contributed by atoms with Crippen molar-refractivity contribution in [1.29, 1.82) is 0 Å². The van der Waals surface area contributed by atoms with Gasteiger partial charge in [0.15, 0.2) is 0 Å². The highest BCUT2D eigenvalue weighted by atomic mass is 32.1. The molecular weight excluding hydrogens is 468 g/mol. The summed E-state index contributed by atoms with van der Waals surface area (Å²) >= 11 is 1.64. The van der Waals surface area contributed by atoms with Gasteiger partial charge in [-0.15, -0.1) is 11.3 Å². The molecule has 1 aliphatic carbocycles. The average molecular weight is 505 g/mol. The Morgan fingerprint density at radius 1 is 1.03 bits per heavy atom. The van der Waals surface area contributed by atoms with Crippen molar-refractivity contribution in [2.24, 2.45) is 5.92 Å². The van der Waals surface area contributed by atoms with Gasteiger partial charge in [-0.05, 0) is 56.3 Å². The highest BCUT2D eigenvalue weighted by Crippen LogP contribution is 2.38. The molecule has 6 nitrogen and oxygen atoms in total. The molecule has 0 spiro atoms. The van der Waals surface area contributed by atoms with E-state index >= 15 is 0 Å². The molecule has 2 amide bonds. The molecule has 0 bridgehead atoms. The van der Waals surface area contributed by atoms with Crippen molar-refractivity contribution in [2.75, 3.05) is 13.6 Å². The molecule has 7 heteroatoms. The van der Waals surface area contributed by atoms with Crippen LogP contribution < -0.4 is 10.6 Å². The summed E-state index contributed by atoms with van der Waals surface area (Å²) in [6.45, 7) is 2.55. The fraction of sp³-hybridized carbons (Fsp3) is 0.483. The lowest BCUT2D eigenvalue weighted by Gasteiger charge is -2.35. The monoisotopic (exact) mass is 504 g/mol. The van der Waals surface area contributed by atoms with Gasteiger partial charge in [0, 0.05) is 17.5 Å². The first-order chi connectivity index (χ1) is 17.6. The predicted octanol–water partition coefficient (Wildman–Crippen LogP) is 5.30. The molecule has 1 saturated heterocycles. The van der Waals surface area contributed by atoms with E-state index in [-0.39, 0.29) is 29.8 Å². The molecular formula is C29H36N4O2S. The second-order valence-corrected chi connectivity index (χ2v) is 11.1. The first-order valence-corrected chi connectivity index (χ1v) is 14.2. The van der Waals surface area contributed by atoms with Gasteiger partial charge < -0.3 is 15.5 Å². The molecule has 1 aromatic heterocycles. The SMILES string of the molecule is CN[C@H](C)C(=O)N[C@H](C(=O)N1CCC[C@H]1c1nc(-c2cccc3ccccc23)cs1)C1CCCCC1. The summed E-state index contributed by atoms with van der Waals surface area (Å²) in [6.07, 6.45) is 7.30. The van der Waals surface area contributed by atoms with E-state index in [1.54, 1.807) is 18.4 Å². The van der Waals surface area contributed by atoms with Crippen molar-refractivity contribution in [1.82, 2.24) is 20.5 Å². The third-order valence-electron chi connectivity index (χ3n) is 7.92. The number of likely N-dealkylation sites (tertiary alicyclic amines) is 1. The van der Waals surface area contributed by atoms with E-state index in [1.165, 1.54) is 17.2 Å². The molecule has 2 aliphatic rings. The second kappa shape index (κ2) is 11.1. The largest absolute Gasteiger partial charge is 0.343 e. The maximum Gasteiger partial charge on any atom is 0.246 e. The van der Waals surface area contributed by atoms with Crippen LogP contribution >= 0.6 is 11.3 Å². The topological polar surface area (TPSA) is 74.3 Å². The van der Waals surface area contributed by atoms with E-state index in [1.807, 2.05) is 11.8 Å². The number of nitrogens with zero attached hydrogens (tertiary/aromatic N) is 2. The third kappa shape index (κ3) is 5.04. The summed E-state index contributed by atoms with van der Waals surface area (Å²) in [4.78, 5) is 33.8. The Morgan fingerprint density at radius 3 is 2.61 bits per heavy atom. The van der Waals surface area contributed by atoms with Crippen LogP contribution in [-0.2, 0) is 9.59 Å². The van der Waals surface area contributed by atoms with Gasteiger partial charge >= 0.3 is 0 Å². The summed E-state index contributed by atoms with van der Waals surface area (Å²) in [5, 5.41) is 11.6. The van der Waals surface area contributed by atoms with Crippen LogP contribution in [-0.4, -0.2) is 47.4 Å². The van der Waals surface area contributed by atoms with Gasteiger partial charge in [-0.3, -0.25) is 9.59 Å². The standard InChI is InChI=1S/C29H36N4O2S/c1-19(30-2)27(34)32-26(21-11-4-3-5-12-21)29(35)33-17-9-16-25(33)28-31-24(18-36-28)23-15-8-13-20-10-6-7-14-22(20)23/h6-8,10,13-15,18-19,21,25-26,30H,3-5,9,11-12,16-17H2,1-2H3,(H,32,34)/t19-,25+,26+/m1/s1. The third-order valence-corrected chi connectivity index (χ3v) is 8.87. The van der Waals surface area contributed by atoms with Crippen molar-refractivity contribution in [2.45, 2.75) is 70.0 Å². The van der Waals surface area contributed by atoms with Crippen molar-refractivity contribution in [3.8, 4) is 11.3 Å². The maximum absolute atomic E-state index is 14.0. The molecule has 190 valence electrons. The molecule has 0 unspecified atom stereocenters. The summed E-state index contributed by atoms with van der Waals surface area (Å²) in [6, 6.07) is 13.9. The number of aromatic nitrogens is 1. The van der Waals surface area contributed by atoms with Crippen molar-refractivity contribution in [3.05, 3.63) is 52.9 Å². The van der Waals surface area contributed by atoms with Crippen LogP contribution in [0.4, 0.5) is 0 Å². The van der Waals surface area contributed by atoms with Crippen LogP contribution in [0, 0.1) is 5.92 Å². The molecule has 2 fully saturated rings. The zero-order valence-electron chi connectivity index (χ0n) is 21.2. The number of thiazole rings is 1. The number of fused-ring (bicyclic) bond motifs is 1.